The maximum Gasteiger partial charge on any atom is 0.410 e. The van der Waals surface area contributed by atoms with Gasteiger partial charge in [0, 0.05) is 19.6 Å². The van der Waals surface area contributed by atoms with Gasteiger partial charge in [0.1, 0.15) is 5.60 Å². The summed E-state index contributed by atoms with van der Waals surface area (Å²) in [4.78, 5) is 26.1. The van der Waals surface area contributed by atoms with E-state index in [-0.39, 0.29) is 12.0 Å². The van der Waals surface area contributed by atoms with Crippen molar-refractivity contribution in [3.05, 3.63) is 35.4 Å². The summed E-state index contributed by atoms with van der Waals surface area (Å²) in [6.07, 6.45) is 3.15. The lowest BCUT2D eigenvalue weighted by atomic mass is 9.95. The number of likely N-dealkylation sites (tertiary alicyclic amines) is 1. The number of piperidine rings is 1. The molecule has 26 heavy (non-hydrogen) atoms. The predicted molar refractivity (Wildman–Crippen MR) is 103 cm³/mol. The second kappa shape index (κ2) is 9.06. The summed E-state index contributed by atoms with van der Waals surface area (Å²) in [5.41, 5.74) is 1.74. The average Bonchev–Trinajstić information content (AvgIpc) is 2.53. The highest BCUT2D eigenvalue weighted by molar-refractivity contribution is 5.78. The fraction of sp³-hybridized carbons (Fsp3) is 0.619. The maximum absolute atomic E-state index is 12.2. The number of amides is 2. The minimum atomic E-state index is -0.464. The van der Waals surface area contributed by atoms with Crippen molar-refractivity contribution in [3.8, 4) is 0 Å². The zero-order valence-corrected chi connectivity index (χ0v) is 16.5. The number of nitrogens with one attached hydrogen (secondary N) is 1. The molecule has 1 aliphatic heterocycles. The fourth-order valence-electron chi connectivity index (χ4n) is 3.28. The number of nitrogens with zero attached hydrogens (tertiary/aromatic N) is 1. The molecule has 1 fully saturated rings. The largest absolute Gasteiger partial charge is 0.444 e. The normalized spacial score (nSPS) is 17.7. The van der Waals surface area contributed by atoms with E-state index in [1.54, 1.807) is 4.90 Å². The SMILES string of the molecule is Cc1cccc(CC(=O)NCCC2CCCN(C(=O)OC(C)(C)C)C2)c1. The number of ether oxygens (including phenoxy) is 1. The molecule has 1 atom stereocenters. The van der Waals surface area contributed by atoms with Gasteiger partial charge in [-0.2, -0.15) is 0 Å². The summed E-state index contributed by atoms with van der Waals surface area (Å²) in [7, 11) is 0. The zero-order chi connectivity index (χ0) is 19.2. The molecule has 1 saturated heterocycles. The van der Waals surface area contributed by atoms with E-state index in [1.807, 2.05) is 52.0 Å². The van der Waals surface area contributed by atoms with E-state index in [9.17, 15) is 9.59 Å². The van der Waals surface area contributed by atoms with Crippen LogP contribution in [-0.4, -0.2) is 42.1 Å². The molecule has 0 spiro atoms. The van der Waals surface area contributed by atoms with Crippen LogP contribution >= 0.6 is 0 Å². The first kappa shape index (κ1) is 20.3. The van der Waals surface area contributed by atoms with E-state index < -0.39 is 5.60 Å². The molecule has 2 amide bonds. The van der Waals surface area contributed by atoms with Crippen molar-refractivity contribution in [1.29, 1.82) is 0 Å². The van der Waals surface area contributed by atoms with Crippen LogP contribution in [0.5, 0.6) is 0 Å². The predicted octanol–water partition coefficient (Wildman–Crippen LogP) is 3.69. The minimum absolute atomic E-state index is 0.0513. The van der Waals surface area contributed by atoms with Gasteiger partial charge in [-0.1, -0.05) is 29.8 Å². The van der Waals surface area contributed by atoms with Gasteiger partial charge < -0.3 is 15.0 Å². The molecule has 2 rings (SSSR count). The van der Waals surface area contributed by atoms with Crippen LogP contribution in [0, 0.1) is 12.8 Å². The molecule has 0 aromatic heterocycles. The van der Waals surface area contributed by atoms with Crippen LogP contribution < -0.4 is 5.32 Å². The summed E-state index contributed by atoms with van der Waals surface area (Å²) in [6, 6.07) is 8.03. The molecular weight excluding hydrogens is 328 g/mol. The topological polar surface area (TPSA) is 58.6 Å². The van der Waals surface area contributed by atoms with Crippen LogP contribution in [0.3, 0.4) is 0 Å². The number of hydrogen-bond donors (Lipinski definition) is 1. The van der Waals surface area contributed by atoms with Crippen molar-refractivity contribution in [1.82, 2.24) is 10.2 Å². The van der Waals surface area contributed by atoms with Gasteiger partial charge in [-0.25, -0.2) is 4.79 Å². The average molecular weight is 360 g/mol. The lowest BCUT2D eigenvalue weighted by Gasteiger charge is -2.34. The van der Waals surface area contributed by atoms with E-state index in [4.69, 9.17) is 4.74 Å². The highest BCUT2D eigenvalue weighted by Gasteiger charge is 2.27. The van der Waals surface area contributed by atoms with E-state index in [0.29, 0.717) is 25.4 Å². The summed E-state index contributed by atoms with van der Waals surface area (Å²) in [5.74, 6) is 0.464. The number of benzene rings is 1. The maximum atomic E-state index is 12.2. The summed E-state index contributed by atoms with van der Waals surface area (Å²) >= 11 is 0. The highest BCUT2D eigenvalue weighted by Crippen LogP contribution is 2.21. The molecule has 1 unspecified atom stereocenters. The van der Waals surface area contributed by atoms with Gasteiger partial charge in [0.2, 0.25) is 5.91 Å². The van der Waals surface area contributed by atoms with Crippen LogP contribution in [0.15, 0.2) is 24.3 Å². The summed E-state index contributed by atoms with van der Waals surface area (Å²) in [6.45, 7) is 9.80. The lowest BCUT2D eigenvalue weighted by Crippen LogP contribution is -2.43. The molecule has 1 heterocycles. The molecule has 0 bridgehead atoms. The molecule has 144 valence electrons. The Kier molecular flexibility index (Phi) is 7.06. The van der Waals surface area contributed by atoms with Crippen LogP contribution in [0.1, 0.15) is 51.2 Å². The van der Waals surface area contributed by atoms with Gasteiger partial charge in [-0.3, -0.25) is 4.79 Å². The quantitative estimate of drug-likeness (QED) is 0.871. The minimum Gasteiger partial charge on any atom is -0.444 e. The Hall–Kier alpha value is -2.04. The molecular formula is C21H32N2O3. The third kappa shape index (κ3) is 7.06. The molecule has 0 radical (unpaired) electrons. The Labute approximate surface area is 157 Å². The Morgan fingerprint density at radius 1 is 1.31 bits per heavy atom. The van der Waals surface area contributed by atoms with Crippen LogP contribution in [-0.2, 0) is 16.0 Å². The Morgan fingerprint density at radius 2 is 2.08 bits per heavy atom. The van der Waals surface area contributed by atoms with Gasteiger partial charge in [0.25, 0.3) is 0 Å². The molecule has 5 nitrogen and oxygen atoms in total. The lowest BCUT2D eigenvalue weighted by molar-refractivity contribution is -0.120. The Morgan fingerprint density at radius 3 is 2.77 bits per heavy atom. The zero-order valence-electron chi connectivity index (χ0n) is 16.5. The van der Waals surface area contributed by atoms with E-state index >= 15 is 0 Å². The van der Waals surface area contributed by atoms with Crippen LogP contribution in [0.25, 0.3) is 0 Å². The molecule has 5 heteroatoms. The molecule has 1 aromatic carbocycles. The highest BCUT2D eigenvalue weighted by atomic mass is 16.6. The first-order chi connectivity index (χ1) is 12.2. The van der Waals surface area contributed by atoms with Gasteiger partial charge in [0.05, 0.1) is 6.42 Å². The van der Waals surface area contributed by atoms with Gasteiger partial charge in [-0.15, -0.1) is 0 Å². The summed E-state index contributed by atoms with van der Waals surface area (Å²) in [5, 5.41) is 3.01. The van der Waals surface area contributed by atoms with Crippen LogP contribution in [0.2, 0.25) is 0 Å². The second-order valence-corrected chi connectivity index (χ2v) is 8.24. The number of carbonyl (C=O) groups excluding carboxylic acids is 2. The van der Waals surface area contributed by atoms with Crippen molar-refractivity contribution in [2.24, 2.45) is 5.92 Å². The van der Waals surface area contributed by atoms with Gasteiger partial charge in [-0.05, 0) is 58.4 Å². The third-order valence-electron chi connectivity index (χ3n) is 4.49. The number of rotatable bonds is 5. The standard InChI is InChI=1S/C21H32N2O3/c1-16-7-5-8-18(13-16)14-19(24)22-11-10-17-9-6-12-23(15-17)20(25)26-21(2,3)4/h5,7-8,13,17H,6,9-12,14-15H2,1-4H3,(H,22,24). The third-order valence-corrected chi connectivity index (χ3v) is 4.49. The number of hydrogen-bond acceptors (Lipinski definition) is 3. The van der Waals surface area contributed by atoms with Crippen LogP contribution in [0.4, 0.5) is 4.79 Å². The molecule has 0 saturated carbocycles. The van der Waals surface area contributed by atoms with Gasteiger partial charge in [0.15, 0.2) is 0 Å². The Balaban J connectivity index is 1.71. The van der Waals surface area contributed by atoms with E-state index in [1.165, 1.54) is 5.56 Å². The molecule has 1 aromatic rings. The second-order valence-electron chi connectivity index (χ2n) is 8.24. The monoisotopic (exact) mass is 360 g/mol. The van der Waals surface area contributed by atoms with Crippen molar-refractivity contribution >= 4 is 12.0 Å². The van der Waals surface area contributed by atoms with Crippen molar-refractivity contribution in [2.75, 3.05) is 19.6 Å². The van der Waals surface area contributed by atoms with Gasteiger partial charge >= 0.3 is 6.09 Å². The van der Waals surface area contributed by atoms with Crippen molar-refractivity contribution in [2.45, 2.75) is 59.0 Å². The Bertz CT molecular complexity index is 622. The first-order valence-electron chi connectivity index (χ1n) is 9.53. The molecule has 1 N–H and O–H groups in total. The number of carbonyl (C=O) groups is 2. The van der Waals surface area contributed by atoms with Crippen molar-refractivity contribution in [3.63, 3.8) is 0 Å². The molecule has 0 aliphatic carbocycles. The van der Waals surface area contributed by atoms with E-state index in [2.05, 4.69) is 5.32 Å². The summed E-state index contributed by atoms with van der Waals surface area (Å²) < 4.78 is 5.46. The molecule has 1 aliphatic rings. The first-order valence-corrected chi connectivity index (χ1v) is 9.53. The van der Waals surface area contributed by atoms with E-state index in [0.717, 1.165) is 31.4 Å². The smallest absolute Gasteiger partial charge is 0.410 e. The fourth-order valence-corrected chi connectivity index (χ4v) is 3.28. The number of aryl methyl sites for hydroxylation is 1. The van der Waals surface area contributed by atoms with Crippen molar-refractivity contribution < 1.29 is 14.3 Å².